The van der Waals surface area contributed by atoms with Crippen molar-refractivity contribution in [2.24, 2.45) is 0 Å². The lowest BCUT2D eigenvalue weighted by Crippen LogP contribution is -2.51. The Kier molecular flexibility index (Phi) is 6.86. The molecule has 6 heteroatoms. The third kappa shape index (κ3) is 4.48. The van der Waals surface area contributed by atoms with Crippen molar-refractivity contribution in [3.05, 3.63) is 32.4 Å². The third-order valence-corrected chi connectivity index (χ3v) is 4.83. The lowest BCUT2D eigenvalue weighted by molar-refractivity contribution is 0.0920. The van der Waals surface area contributed by atoms with Gasteiger partial charge in [-0.05, 0) is 67.1 Å². The SMILES string of the molecule is CC1NCCCC1NC(=O)c1ccc(I)c(Cl)c1.Cl. The molecule has 0 saturated carbocycles. The van der Waals surface area contributed by atoms with Gasteiger partial charge in [0.05, 0.1) is 5.02 Å². The fraction of sp³-hybridized carbons (Fsp3) is 0.462. The zero-order valence-electron chi connectivity index (χ0n) is 10.6. The summed E-state index contributed by atoms with van der Waals surface area (Å²) in [5.41, 5.74) is 0.623. The standard InChI is InChI=1S/C13H16ClIN2O.ClH/c1-8-12(3-2-6-16-8)17-13(18)9-4-5-11(15)10(14)7-9;/h4-5,7-8,12,16H,2-3,6H2,1H3,(H,17,18);1H. The largest absolute Gasteiger partial charge is 0.348 e. The molecule has 1 heterocycles. The van der Waals surface area contributed by atoms with Gasteiger partial charge in [-0.15, -0.1) is 12.4 Å². The number of piperidine rings is 1. The minimum absolute atomic E-state index is 0. The van der Waals surface area contributed by atoms with E-state index in [1.807, 2.05) is 12.1 Å². The molecule has 2 rings (SSSR count). The topological polar surface area (TPSA) is 41.1 Å². The molecule has 0 aromatic heterocycles. The summed E-state index contributed by atoms with van der Waals surface area (Å²) in [6.45, 7) is 3.13. The van der Waals surface area contributed by atoms with Crippen LogP contribution in [0, 0.1) is 3.57 Å². The summed E-state index contributed by atoms with van der Waals surface area (Å²) in [6, 6.07) is 5.91. The van der Waals surface area contributed by atoms with Gasteiger partial charge < -0.3 is 10.6 Å². The van der Waals surface area contributed by atoms with E-state index < -0.39 is 0 Å². The van der Waals surface area contributed by atoms with Gasteiger partial charge in [0.25, 0.3) is 5.91 Å². The molecule has 1 aromatic carbocycles. The molecule has 1 saturated heterocycles. The average molecular weight is 415 g/mol. The van der Waals surface area contributed by atoms with Crippen molar-refractivity contribution < 1.29 is 4.79 Å². The summed E-state index contributed by atoms with van der Waals surface area (Å²) < 4.78 is 0.957. The Morgan fingerprint density at radius 2 is 2.26 bits per heavy atom. The minimum atomic E-state index is -0.0474. The van der Waals surface area contributed by atoms with Crippen LogP contribution in [0.15, 0.2) is 18.2 Å². The highest BCUT2D eigenvalue weighted by molar-refractivity contribution is 14.1. The molecule has 0 aliphatic carbocycles. The molecule has 19 heavy (non-hydrogen) atoms. The number of carbonyl (C=O) groups excluding carboxylic acids is 1. The number of hydrogen-bond donors (Lipinski definition) is 2. The third-order valence-electron chi connectivity index (χ3n) is 3.26. The maximum atomic E-state index is 12.1. The van der Waals surface area contributed by atoms with E-state index in [1.165, 1.54) is 0 Å². The first-order chi connectivity index (χ1) is 8.58. The highest BCUT2D eigenvalue weighted by Gasteiger charge is 2.22. The molecule has 2 N–H and O–H groups in total. The van der Waals surface area contributed by atoms with Gasteiger partial charge in [-0.1, -0.05) is 11.6 Å². The van der Waals surface area contributed by atoms with Crippen molar-refractivity contribution in [3.63, 3.8) is 0 Å². The van der Waals surface area contributed by atoms with Crippen LogP contribution in [0.1, 0.15) is 30.1 Å². The molecule has 0 bridgehead atoms. The van der Waals surface area contributed by atoms with Gasteiger partial charge in [-0.25, -0.2) is 0 Å². The van der Waals surface area contributed by atoms with Crippen LogP contribution < -0.4 is 10.6 Å². The number of amides is 1. The predicted molar refractivity (Wildman–Crippen MR) is 89.4 cm³/mol. The molecule has 0 spiro atoms. The van der Waals surface area contributed by atoms with Crippen LogP contribution in [0.2, 0.25) is 5.02 Å². The minimum Gasteiger partial charge on any atom is -0.348 e. The fourth-order valence-electron chi connectivity index (χ4n) is 2.13. The van der Waals surface area contributed by atoms with E-state index in [2.05, 4.69) is 40.1 Å². The van der Waals surface area contributed by atoms with Crippen molar-refractivity contribution in [1.82, 2.24) is 10.6 Å². The lowest BCUT2D eigenvalue weighted by atomic mass is 9.99. The van der Waals surface area contributed by atoms with Crippen molar-refractivity contribution in [1.29, 1.82) is 0 Å². The van der Waals surface area contributed by atoms with Crippen LogP contribution in [-0.4, -0.2) is 24.5 Å². The number of nitrogens with one attached hydrogen (secondary N) is 2. The van der Waals surface area contributed by atoms with Gasteiger partial charge >= 0.3 is 0 Å². The van der Waals surface area contributed by atoms with Crippen LogP contribution in [0.25, 0.3) is 0 Å². The Hall–Kier alpha value is -0.0400. The van der Waals surface area contributed by atoms with Gasteiger partial charge in [-0.2, -0.15) is 0 Å². The van der Waals surface area contributed by atoms with E-state index >= 15 is 0 Å². The molecule has 1 aliphatic rings. The molecule has 2 atom stereocenters. The molecular formula is C13H17Cl2IN2O. The first-order valence-corrected chi connectivity index (χ1v) is 7.53. The van der Waals surface area contributed by atoms with Crippen molar-refractivity contribution >= 4 is 52.5 Å². The van der Waals surface area contributed by atoms with Gasteiger partial charge in [0.2, 0.25) is 0 Å². The molecule has 1 aromatic rings. The van der Waals surface area contributed by atoms with E-state index in [0.29, 0.717) is 16.6 Å². The average Bonchev–Trinajstić information content (AvgIpc) is 2.35. The van der Waals surface area contributed by atoms with E-state index in [-0.39, 0.29) is 24.4 Å². The summed E-state index contributed by atoms with van der Waals surface area (Å²) in [6.07, 6.45) is 2.13. The molecule has 0 radical (unpaired) electrons. The Bertz CT molecular complexity index is 456. The summed E-state index contributed by atoms with van der Waals surface area (Å²) in [7, 11) is 0. The zero-order valence-corrected chi connectivity index (χ0v) is 14.3. The smallest absolute Gasteiger partial charge is 0.251 e. The lowest BCUT2D eigenvalue weighted by Gasteiger charge is -2.30. The van der Waals surface area contributed by atoms with Crippen LogP contribution in [0.5, 0.6) is 0 Å². The van der Waals surface area contributed by atoms with E-state index in [0.717, 1.165) is 23.0 Å². The Morgan fingerprint density at radius 3 is 2.89 bits per heavy atom. The number of halogens is 3. The zero-order chi connectivity index (χ0) is 13.1. The van der Waals surface area contributed by atoms with Gasteiger partial charge in [0.1, 0.15) is 0 Å². The molecule has 1 aliphatic heterocycles. The Balaban J connectivity index is 0.00000180. The molecule has 2 unspecified atom stereocenters. The molecule has 3 nitrogen and oxygen atoms in total. The number of carbonyl (C=O) groups is 1. The van der Waals surface area contributed by atoms with E-state index in [1.54, 1.807) is 6.07 Å². The second-order valence-corrected chi connectivity index (χ2v) is 6.16. The first-order valence-electron chi connectivity index (χ1n) is 6.07. The molecule has 1 amide bonds. The fourth-order valence-corrected chi connectivity index (χ4v) is 2.65. The highest BCUT2D eigenvalue weighted by atomic mass is 127. The summed E-state index contributed by atoms with van der Waals surface area (Å²) >= 11 is 8.18. The van der Waals surface area contributed by atoms with Crippen molar-refractivity contribution in [3.8, 4) is 0 Å². The van der Waals surface area contributed by atoms with Gasteiger partial charge in [-0.3, -0.25) is 4.79 Å². The highest BCUT2D eigenvalue weighted by Crippen LogP contribution is 2.20. The number of hydrogen-bond acceptors (Lipinski definition) is 2. The normalized spacial score (nSPS) is 22.5. The summed E-state index contributed by atoms with van der Waals surface area (Å²) in [4.78, 5) is 12.1. The first kappa shape index (κ1) is 17.0. The summed E-state index contributed by atoms with van der Waals surface area (Å²) in [5, 5.41) is 7.06. The maximum absolute atomic E-state index is 12.1. The van der Waals surface area contributed by atoms with Gasteiger partial charge in [0.15, 0.2) is 0 Å². The van der Waals surface area contributed by atoms with Crippen molar-refractivity contribution in [2.75, 3.05) is 6.54 Å². The van der Waals surface area contributed by atoms with Crippen LogP contribution >= 0.6 is 46.6 Å². The monoisotopic (exact) mass is 414 g/mol. The Labute approximate surface area is 138 Å². The number of rotatable bonds is 2. The molecule has 1 fully saturated rings. The molecular weight excluding hydrogens is 398 g/mol. The second kappa shape index (κ2) is 7.67. The van der Waals surface area contributed by atoms with Gasteiger partial charge in [0, 0.05) is 21.2 Å². The second-order valence-electron chi connectivity index (χ2n) is 4.59. The molecule has 106 valence electrons. The van der Waals surface area contributed by atoms with E-state index in [9.17, 15) is 4.79 Å². The van der Waals surface area contributed by atoms with Crippen LogP contribution in [0.3, 0.4) is 0 Å². The maximum Gasteiger partial charge on any atom is 0.251 e. The summed E-state index contributed by atoms with van der Waals surface area (Å²) in [5.74, 6) is -0.0474. The number of benzene rings is 1. The Morgan fingerprint density at radius 1 is 1.53 bits per heavy atom. The van der Waals surface area contributed by atoms with Crippen LogP contribution in [0.4, 0.5) is 0 Å². The predicted octanol–water partition coefficient (Wildman–Crippen LogP) is 3.24. The van der Waals surface area contributed by atoms with Crippen LogP contribution in [-0.2, 0) is 0 Å². The van der Waals surface area contributed by atoms with Crippen molar-refractivity contribution in [2.45, 2.75) is 31.8 Å². The quantitative estimate of drug-likeness (QED) is 0.729. The van der Waals surface area contributed by atoms with E-state index in [4.69, 9.17) is 11.6 Å².